The molecule has 0 aliphatic carbocycles. The van der Waals surface area contributed by atoms with Crippen LogP contribution in [0.4, 0.5) is 15.8 Å². The number of nitrogens with one attached hydrogen (secondary N) is 1. The molecule has 3 aromatic rings. The monoisotopic (exact) mass is 386 g/mol. The zero-order chi connectivity index (χ0) is 19.6. The third kappa shape index (κ3) is 3.85. The van der Waals surface area contributed by atoms with Crippen molar-refractivity contribution in [2.45, 2.75) is 20.8 Å². The molecule has 140 valence electrons. The Morgan fingerprint density at radius 2 is 1.96 bits per heavy atom. The van der Waals surface area contributed by atoms with Gasteiger partial charge in [-0.25, -0.2) is 14.4 Å². The minimum absolute atomic E-state index is 0.0388. The molecule has 0 aliphatic heterocycles. The molecule has 3 rings (SSSR count). The normalized spacial score (nSPS) is 10.9. The molecule has 0 radical (unpaired) electrons. The minimum atomic E-state index is -0.536. The number of rotatable bonds is 5. The second-order valence-corrected chi connectivity index (χ2v) is 6.51. The standard InChI is InChI=1S/C20H20ClFN4O/c1-4-26(5-2)20(27)15-11-23-19-14(8-6-12(3)24-19)18(15)25-13-7-9-16(21)17(22)10-13/h6-11H,4-5H2,1-3H3,(H,23,24,25). The van der Waals surface area contributed by atoms with Crippen LogP contribution in [0.1, 0.15) is 29.9 Å². The number of hydrogen-bond acceptors (Lipinski definition) is 4. The summed E-state index contributed by atoms with van der Waals surface area (Å²) in [6.45, 7) is 6.87. The van der Waals surface area contributed by atoms with Gasteiger partial charge in [0, 0.05) is 36.1 Å². The molecule has 0 aliphatic rings. The highest BCUT2D eigenvalue weighted by Gasteiger charge is 2.20. The summed E-state index contributed by atoms with van der Waals surface area (Å²) < 4.78 is 13.9. The van der Waals surface area contributed by atoms with Crippen molar-refractivity contribution >= 4 is 39.9 Å². The predicted molar refractivity (Wildman–Crippen MR) is 106 cm³/mol. The number of amides is 1. The summed E-state index contributed by atoms with van der Waals surface area (Å²) in [5, 5.41) is 3.89. The lowest BCUT2D eigenvalue weighted by Gasteiger charge is -2.21. The first-order valence-electron chi connectivity index (χ1n) is 8.72. The molecule has 1 aromatic carbocycles. The molecule has 5 nitrogen and oxygen atoms in total. The quantitative estimate of drug-likeness (QED) is 0.673. The number of pyridine rings is 2. The van der Waals surface area contributed by atoms with Crippen LogP contribution in [0.15, 0.2) is 36.5 Å². The van der Waals surface area contributed by atoms with Crippen LogP contribution in [0.2, 0.25) is 5.02 Å². The van der Waals surface area contributed by atoms with Gasteiger partial charge in [-0.1, -0.05) is 11.6 Å². The Hall–Kier alpha value is -2.73. The van der Waals surface area contributed by atoms with E-state index in [1.54, 1.807) is 11.0 Å². The van der Waals surface area contributed by atoms with Crippen molar-refractivity contribution in [3.8, 4) is 0 Å². The van der Waals surface area contributed by atoms with E-state index in [9.17, 15) is 9.18 Å². The Labute approximate surface area is 162 Å². The molecule has 7 heteroatoms. The van der Waals surface area contributed by atoms with Crippen molar-refractivity contribution in [2.75, 3.05) is 18.4 Å². The van der Waals surface area contributed by atoms with E-state index in [-0.39, 0.29) is 10.9 Å². The van der Waals surface area contributed by atoms with E-state index >= 15 is 0 Å². The summed E-state index contributed by atoms with van der Waals surface area (Å²) in [4.78, 5) is 23.5. The van der Waals surface area contributed by atoms with E-state index in [2.05, 4.69) is 15.3 Å². The van der Waals surface area contributed by atoms with Gasteiger partial charge in [0.25, 0.3) is 5.91 Å². The summed E-state index contributed by atoms with van der Waals surface area (Å²) in [6, 6.07) is 8.13. The predicted octanol–water partition coefficient (Wildman–Crippen LogP) is 4.96. The molecule has 0 saturated heterocycles. The van der Waals surface area contributed by atoms with E-state index in [4.69, 9.17) is 11.6 Å². The number of aromatic nitrogens is 2. The van der Waals surface area contributed by atoms with Gasteiger partial charge < -0.3 is 10.2 Å². The van der Waals surface area contributed by atoms with Gasteiger partial charge in [-0.15, -0.1) is 0 Å². The highest BCUT2D eigenvalue weighted by molar-refractivity contribution is 6.30. The zero-order valence-corrected chi connectivity index (χ0v) is 16.1. The lowest BCUT2D eigenvalue weighted by molar-refractivity contribution is 0.0774. The van der Waals surface area contributed by atoms with Gasteiger partial charge in [-0.05, 0) is 51.1 Å². The van der Waals surface area contributed by atoms with E-state index in [1.165, 1.54) is 18.3 Å². The van der Waals surface area contributed by atoms with E-state index in [0.29, 0.717) is 41.1 Å². The average molecular weight is 387 g/mol. The number of fused-ring (bicyclic) bond motifs is 1. The van der Waals surface area contributed by atoms with Gasteiger partial charge in [0.05, 0.1) is 16.3 Å². The molecule has 1 N–H and O–H groups in total. The maximum atomic E-state index is 13.9. The van der Waals surface area contributed by atoms with Crippen LogP contribution in [0.3, 0.4) is 0 Å². The first kappa shape index (κ1) is 19.0. The SMILES string of the molecule is CCN(CC)C(=O)c1cnc2nc(C)ccc2c1Nc1ccc(Cl)c(F)c1. The molecule has 2 aromatic heterocycles. The molecule has 27 heavy (non-hydrogen) atoms. The molecule has 0 spiro atoms. The second kappa shape index (κ2) is 7.88. The number of benzene rings is 1. The number of anilines is 2. The van der Waals surface area contributed by atoms with Crippen molar-refractivity contribution in [3.63, 3.8) is 0 Å². The maximum absolute atomic E-state index is 13.9. The van der Waals surface area contributed by atoms with Crippen molar-refractivity contribution in [1.29, 1.82) is 0 Å². The van der Waals surface area contributed by atoms with Gasteiger partial charge in [-0.2, -0.15) is 0 Å². The van der Waals surface area contributed by atoms with Crippen molar-refractivity contribution in [2.24, 2.45) is 0 Å². The highest BCUT2D eigenvalue weighted by atomic mass is 35.5. The molecule has 0 atom stereocenters. The summed E-state index contributed by atoms with van der Waals surface area (Å²) in [6.07, 6.45) is 1.52. The van der Waals surface area contributed by atoms with Gasteiger partial charge in [0.2, 0.25) is 0 Å². The third-order valence-electron chi connectivity index (χ3n) is 4.34. The summed E-state index contributed by atoms with van der Waals surface area (Å²) in [7, 11) is 0. The van der Waals surface area contributed by atoms with Crippen LogP contribution < -0.4 is 5.32 Å². The zero-order valence-electron chi connectivity index (χ0n) is 15.4. The summed E-state index contributed by atoms with van der Waals surface area (Å²) >= 11 is 5.77. The maximum Gasteiger partial charge on any atom is 0.257 e. The number of carbonyl (C=O) groups excluding carboxylic acids is 1. The molecule has 2 heterocycles. The van der Waals surface area contributed by atoms with Gasteiger partial charge >= 0.3 is 0 Å². The topological polar surface area (TPSA) is 58.1 Å². The molecule has 0 unspecified atom stereocenters. The first-order valence-corrected chi connectivity index (χ1v) is 9.10. The van der Waals surface area contributed by atoms with Gasteiger partial charge in [0.15, 0.2) is 5.65 Å². The lowest BCUT2D eigenvalue weighted by atomic mass is 10.1. The number of hydrogen-bond donors (Lipinski definition) is 1. The van der Waals surface area contributed by atoms with Gasteiger partial charge in [-0.3, -0.25) is 4.79 Å². The fourth-order valence-corrected chi connectivity index (χ4v) is 2.99. The molecule has 0 fully saturated rings. The molecule has 0 saturated carbocycles. The number of carbonyl (C=O) groups is 1. The van der Waals surface area contributed by atoms with Crippen LogP contribution >= 0.6 is 11.6 Å². The Morgan fingerprint density at radius 3 is 2.63 bits per heavy atom. The van der Waals surface area contributed by atoms with E-state index in [1.807, 2.05) is 32.9 Å². The smallest absolute Gasteiger partial charge is 0.257 e. The summed E-state index contributed by atoms with van der Waals surface area (Å²) in [5.74, 6) is -0.683. The van der Waals surface area contributed by atoms with E-state index < -0.39 is 5.82 Å². The molecule has 0 bridgehead atoms. The van der Waals surface area contributed by atoms with Crippen LogP contribution in [-0.2, 0) is 0 Å². The van der Waals surface area contributed by atoms with Crippen LogP contribution in [0, 0.1) is 12.7 Å². The Kier molecular flexibility index (Phi) is 5.56. The van der Waals surface area contributed by atoms with Crippen molar-refractivity contribution in [3.05, 3.63) is 58.6 Å². The van der Waals surface area contributed by atoms with E-state index in [0.717, 1.165) is 5.69 Å². The molecular weight excluding hydrogens is 367 g/mol. The fraction of sp³-hybridized carbons (Fsp3) is 0.250. The van der Waals surface area contributed by atoms with Crippen molar-refractivity contribution < 1.29 is 9.18 Å². The Balaban J connectivity index is 2.17. The number of nitrogens with zero attached hydrogens (tertiary/aromatic N) is 3. The van der Waals surface area contributed by atoms with Gasteiger partial charge in [0.1, 0.15) is 5.82 Å². The van der Waals surface area contributed by atoms with Crippen LogP contribution in [-0.4, -0.2) is 33.9 Å². The Morgan fingerprint density at radius 1 is 1.22 bits per heavy atom. The van der Waals surface area contributed by atoms with Crippen LogP contribution in [0.5, 0.6) is 0 Å². The second-order valence-electron chi connectivity index (χ2n) is 6.10. The Bertz CT molecular complexity index is 1000. The average Bonchev–Trinajstić information content (AvgIpc) is 2.65. The first-order chi connectivity index (χ1) is 12.9. The lowest BCUT2D eigenvalue weighted by Crippen LogP contribution is -2.31. The summed E-state index contributed by atoms with van der Waals surface area (Å²) in [5.41, 5.74) is 2.78. The third-order valence-corrected chi connectivity index (χ3v) is 4.65. The molecular formula is C20H20ClFN4O. The largest absolute Gasteiger partial charge is 0.354 e. The number of aryl methyl sites for hydroxylation is 1. The van der Waals surface area contributed by atoms with Crippen molar-refractivity contribution in [1.82, 2.24) is 14.9 Å². The minimum Gasteiger partial charge on any atom is -0.354 e. The molecule has 1 amide bonds. The number of halogens is 2. The van der Waals surface area contributed by atoms with Crippen LogP contribution in [0.25, 0.3) is 11.0 Å². The fourth-order valence-electron chi connectivity index (χ4n) is 2.87. The highest BCUT2D eigenvalue weighted by Crippen LogP contribution is 2.30.